The number of non-ortho nitro benzene ring substituents is 1. The molecule has 0 unspecified atom stereocenters. The maximum atomic E-state index is 14.6. The first kappa shape index (κ1) is 22.2. The highest BCUT2D eigenvalue weighted by atomic mass is 32.1. The Bertz CT molecular complexity index is 943. The highest BCUT2D eigenvalue weighted by Crippen LogP contribution is 2.39. The second-order valence-corrected chi connectivity index (χ2v) is 6.59. The third-order valence-corrected chi connectivity index (χ3v) is 4.46. The molecule has 0 aliphatic rings. The van der Waals surface area contributed by atoms with Crippen molar-refractivity contribution < 1.29 is 28.0 Å². The van der Waals surface area contributed by atoms with Crippen molar-refractivity contribution in [2.45, 2.75) is 18.4 Å². The fourth-order valence-electron chi connectivity index (χ4n) is 2.55. The Morgan fingerprint density at radius 1 is 1.24 bits per heavy atom. The molecule has 0 bridgehead atoms. The quantitative estimate of drug-likeness (QED) is 0.372. The lowest BCUT2D eigenvalue weighted by molar-refractivity contribution is -0.385. The lowest BCUT2D eigenvalue weighted by Crippen LogP contribution is -2.60. The van der Waals surface area contributed by atoms with Gasteiger partial charge in [-0.1, -0.05) is 18.2 Å². The molecule has 1 atom stereocenters. The van der Waals surface area contributed by atoms with E-state index in [0.717, 1.165) is 13.0 Å². The topological polar surface area (TPSA) is 104 Å². The summed E-state index contributed by atoms with van der Waals surface area (Å²) in [5.41, 5.74) is -3.96. The largest absolute Gasteiger partial charge is 0.390 e. The van der Waals surface area contributed by atoms with Crippen LogP contribution >= 0.6 is 12.2 Å². The number of nitro groups is 1. The number of nitrogens with one attached hydrogen (secondary N) is 2. The van der Waals surface area contributed by atoms with Gasteiger partial charge in [0.2, 0.25) is 0 Å². The van der Waals surface area contributed by atoms with Crippen molar-refractivity contribution in [1.29, 1.82) is 0 Å². The summed E-state index contributed by atoms with van der Waals surface area (Å²) < 4.78 is 43.6. The molecule has 0 saturated carbocycles. The van der Waals surface area contributed by atoms with Gasteiger partial charge in [0, 0.05) is 23.3 Å². The van der Waals surface area contributed by atoms with Crippen LogP contribution in [0.5, 0.6) is 0 Å². The van der Waals surface area contributed by atoms with Crippen molar-refractivity contribution in [3.05, 3.63) is 75.6 Å². The van der Waals surface area contributed by atoms with Gasteiger partial charge in [-0.15, -0.1) is 0 Å². The van der Waals surface area contributed by atoms with Gasteiger partial charge in [-0.05, 0) is 37.3 Å². The Morgan fingerprint density at radius 2 is 1.86 bits per heavy atom. The van der Waals surface area contributed by atoms with E-state index < -0.39 is 51.1 Å². The van der Waals surface area contributed by atoms with E-state index in [1.54, 1.807) is 18.2 Å². The van der Waals surface area contributed by atoms with E-state index in [1.807, 2.05) is 0 Å². The van der Waals surface area contributed by atoms with E-state index in [-0.39, 0.29) is 5.56 Å². The average molecular weight is 427 g/mol. The molecule has 0 heterocycles. The number of benzene rings is 2. The standard InChI is InChI=1S/C18H16F3N3O4S/c1-17(18(20,21)10-25,13-9-12(24(27)28)7-8-14(13)19)23-16(29)22-15(26)11-5-3-2-4-6-11/h2-9,25H,10H2,1H3,(H2,22,23,26,29)/t17-/m1/s1. The maximum absolute atomic E-state index is 14.6. The summed E-state index contributed by atoms with van der Waals surface area (Å²) in [5.74, 6) is -5.90. The molecule has 154 valence electrons. The molecule has 0 aliphatic heterocycles. The number of nitrogens with zero attached hydrogens (tertiary/aromatic N) is 1. The van der Waals surface area contributed by atoms with Gasteiger partial charge in [0.25, 0.3) is 17.5 Å². The zero-order valence-corrected chi connectivity index (χ0v) is 15.8. The van der Waals surface area contributed by atoms with Crippen LogP contribution in [-0.2, 0) is 5.54 Å². The van der Waals surface area contributed by atoms with Crippen LogP contribution in [0, 0.1) is 15.9 Å². The van der Waals surface area contributed by atoms with Gasteiger partial charge < -0.3 is 10.4 Å². The normalized spacial score (nSPS) is 13.3. The van der Waals surface area contributed by atoms with Gasteiger partial charge in [-0.2, -0.15) is 0 Å². The first-order valence-electron chi connectivity index (χ1n) is 8.13. The molecule has 2 aromatic rings. The van der Waals surface area contributed by atoms with Gasteiger partial charge in [-0.3, -0.25) is 20.2 Å². The number of hydrogen-bond acceptors (Lipinski definition) is 5. The molecular formula is C18H16F3N3O4S. The molecule has 0 aromatic heterocycles. The number of carbonyl (C=O) groups is 1. The van der Waals surface area contributed by atoms with Gasteiger partial charge >= 0.3 is 0 Å². The Labute approximate surface area is 168 Å². The SMILES string of the molecule is C[C@@](NC(=S)NC(=O)c1ccccc1)(c1cc([N+](=O)[O-])ccc1F)C(F)(F)CO. The van der Waals surface area contributed by atoms with E-state index in [9.17, 15) is 28.1 Å². The second kappa shape index (κ2) is 8.53. The number of halogens is 3. The number of carbonyl (C=O) groups excluding carboxylic acids is 1. The smallest absolute Gasteiger partial charge is 0.297 e. The lowest BCUT2D eigenvalue weighted by atomic mass is 9.85. The van der Waals surface area contributed by atoms with Crippen molar-refractivity contribution in [2.75, 3.05) is 6.61 Å². The lowest BCUT2D eigenvalue weighted by Gasteiger charge is -2.38. The predicted molar refractivity (Wildman–Crippen MR) is 102 cm³/mol. The van der Waals surface area contributed by atoms with E-state index in [2.05, 4.69) is 10.6 Å². The molecule has 11 heteroatoms. The summed E-state index contributed by atoms with van der Waals surface area (Å²) in [5, 5.41) is 23.9. The van der Waals surface area contributed by atoms with Gasteiger partial charge in [-0.25, -0.2) is 13.2 Å². The van der Waals surface area contributed by atoms with Crippen LogP contribution < -0.4 is 10.6 Å². The number of alkyl halides is 2. The van der Waals surface area contributed by atoms with Gasteiger partial charge in [0.1, 0.15) is 18.0 Å². The number of aliphatic hydroxyl groups excluding tert-OH is 1. The highest BCUT2D eigenvalue weighted by Gasteiger charge is 2.53. The molecule has 0 saturated heterocycles. The maximum Gasteiger partial charge on any atom is 0.297 e. The molecule has 2 aromatic carbocycles. The zero-order chi connectivity index (χ0) is 21.8. The summed E-state index contributed by atoms with van der Waals surface area (Å²) in [6.07, 6.45) is 0. The summed E-state index contributed by atoms with van der Waals surface area (Å²) in [6, 6.07) is 9.82. The molecule has 2 rings (SSSR count). The Morgan fingerprint density at radius 3 is 2.41 bits per heavy atom. The molecule has 0 fully saturated rings. The van der Waals surface area contributed by atoms with Crippen LogP contribution in [0.2, 0.25) is 0 Å². The van der Waals surface area contributed by atoms with Crippen molar-refractivity contribution in [3.8, 4) is 0 Å². The van der Waals surface area contributed by atoms with Crippen molar-refractivity contribution in [3.63, 3.8) is 0 Å². The molecule has 29 heavy (non-hydrogen) atoms. The average Bonchev–Trinajstić information content (AvgIpc) is 2.68. The fourth-order valence-corrected chi connectivity index (χ4v) is 2.84. The van der Waals surface area contributed by atoms with Crippen LogP contribution in [0.15, 0.2) is 48.5 Å². The van der Waals surface area contributed by atoms with E-state index in [1.165, 1.54) is 12.1 Å². The molecule has 0 spiro atoms. The number of nitro benzene ring substituents is 1. The minimum Gasteiger partial charge on any atom is -0.390 e. The first-order chi connectivity index (χ1) is 13.5. The molecule has 0 radical (unpaired) electrons. The third kappa shape index (κ3) is 4.69. The summed E-state index contributed by atoms with van der Waals surface area (Å²) in [7, 11) is 0. The third-order valence-electron chi connectivity index (χ3n) is 4.26. The number of amides is 1. The Hall–Kier alpha value is -3.05. The summed E-state index contributed by atoms with van der Waals surface area (Å²) in [4.78, 5) is 22.3. The molecule has 3 N–H and O–H groups in total. The van der Waals surface area contributed by atoms with E-state index >= 15 is 0 Å². The minimum atomic E-state index is -4.01. The van der Waals surface area contributed by atoms with Crippen molar-refractivity contribution in [2.24, 2.45) is 0 Å². The number of rotatable bonds is 6. The van der Waals surface area contributed by atoms with Crippen molar-refractivity contribution in [1.82, 2.24) is 10.6 Å². The van der Waals surface area contributed by atoms with Crippen molar-refractivity contribution >= 4 is 28.9 Å². The minimum absolute atomic E-state index is 0.189. The highest BCUT2D eigenvalue weighted by molar-refractivity contribution is 7.80. The zero-order valence-electron chi connectivity index (χ0n) is 15.0. The van der Waals surface area contributed by atoms with Gasteiger partial charge in [0.05, 0.1) is 4.92 Å². The predicted octanol–water partition coefficient (Wildman–Crippen LogP) is 2.88. The van der Waals surface area contributed by atoms with Gasteiger partial charge in [0.15, 0.2) is 5.11 Å². The summed E-state index contributed by atoms with van der Waals surface area (Å²) in [6.45, 7) is -0.903. The molecular weight excluding hydrogens is 411 g/mol. The Balaban J connectivity index is 2.41. The van der Waals surface area contributed by atoms with Crippen LogP contribution in [0.1, 0.15) is 22.8 Å². The molecule has 0 aliphatic carbocycles. The number of hydrogen-bond donors (Lipinski definition) is 3. The summed E-state index contributed by atoms with van der Waals surface area (Å²) >= 11 is 4.91. The fraction of sp³-hybridized carbons (Fsp3) is 0.222. The monoisotopic (exact) mass is 427 g/mol. The van der Waals surface area contributed by atoms with E-state index in [0.29, 0.717) is 12.1 Å². The molecule has 1 amide bonds. The second-order valence-electron chi connectivity index (χ2n) is 6.18. The van der Waals surface area contributed by atoms with E-state index in [4.69, 9.17) is 17.3 Å². The first-order valence-corrected chi connectivity index (χ1v) is 8.54. The van der Waals surface area contributed by atoms with Crippen LogP contribution in [-0.4, -0.2) is 33.6 Å². The molecule has 7 nitrogen and oxygen atoms in total. The number of aliphatic hydroxyl groups is 1. The van der Waals surface area contributed by atoms with Crippen LogP contribution in [0.3, 0.4) is 0 Å². The Kier molecular flexibility index (Phi) is 6.55. The van der Waals surface area contributed by atoms with Crippen LogP contribution in [0.25, 0.3) is 0 Å². The number of thiocarbonyl (C=S) groups is 1. The van der Waals surface area contributed by atoms with Crippen LogP contribution in [0.4, 0.5) is 18.9 Å².